The van der Waals surface area contributed by atoms with Crippen LogP contribution in [0.15, 0.2) is 5.18 Å². The van der Waals surface area contributed by atoms with Crippen molar-refractivity contribution in [1.29, 1.82) is 0 Å². The van der Waals surface area contributed by atoms with Gasteiger partial charge in [0.05, 0.1) is 0 Å². The van der Waals surface area contributed by atoms with E-state index in [0.29, 0.717) is 6.42 Å². The Hall–Kier alpha value is -0.480. The van der Waals surface area contributed by atoms with Crippen molar-refractivity contribution < 1.29 is 10.2 Å². The Bertz CT molecular complexity index is 257. The van der Waals surface area contributed by atoms with Gasteiger partial charge in [-0.05, 0) is 11.6 Å². The molecule has 4 nitrogen and oxygen atoms in total. The zero-order valence-corrected chi connectivity index (χ0v) is 15.3. The summed E-state index contributed by atoms with van der Waals surface area (Å²) in [4.78, 5) is 10.1. The number of hydrogen-bond donors (Lipinski definition) is 2. The van der Waals surface area contributed by atoms with Crippen LogP contribution in [0.4, 0.5) is 0 Å². The molecule has 0 atom stereocenters. The lowest BCUT2D eigenvalue weighted by atomic mass is 10.0. The SMILES string of the molecule is CCCCCCCCCCCCCCCCCCC(O)(O)N=O. The van der Waals surface area contributed by atoms with Crippen LogP contribution in [-0.2, 0) is 0 Å². The quantitative estimate of drug-likeness (QED) is 0.183. The summed E-state index contributed by atoms with van der Waals surface area (Å²) >= 11 is 0. The van der Waals surface area contributed by atoms with Gasteiger partial charge in [-0.2, -0.15) is 0 Å². The molecule has 0 aliphatic heterocycles. The third-order valence-electron chi connectivity index (χ3n) is 4.51. The van der Waals surface area contributed by atoms with E-state index in [-0.39, 0.29) is 6.42 Å². The van der Waals surface area contributed by atoms with Gasteiger partial charge in [-0.25, -0.2) is 0 Å². The van der Waals surface area contributed by atoms with E-state index < -0.39 is 5.91 Å². The zero-order valence-electron chi connectivity index (χ0n) is 15.3. The minimum Gasteiger partial charge on any atom is -0.345 e. The van der Waals surface area contributed by atoms with Crippen molar-refractivity contribution in [1.82, 2.24) is 0 Å². The molecule has 0 heterocycles. The minimum atomic E-state index is -2.35. The van der Waals surface area contributed by atoms with E-state index >= 15 is 0 Å². The molecule has 0 fully saturated rings. The van der Waals surface area contributed by atoms with Gasteiger partial charge in [-0.15, -0.1) is 4.91 Å². The van der Waals surface area contributed by atoms with E-state index in [4.69, 9.17) is 10.2 Å². The first kappa shape index (κ1) is 22.5. The molecule has 23 heavy (non-hydrogen) atoms. The molecule has 0 radical (unpaired) electrons. The van der Waals surface area contributed by atoms with Crippen LogP contribution < -0.4 is 0 Å². The zero-order chi connectivity index (χ0) is 17.2. The summed E-state index contributed by atoms with van der Waals surface area (Å²) in [6.45, 7) is 2.26. The highest BCUT2D eigenvalue weighted by atomic mass is 16.5. The monoisotopic (exact) mass is 329 g/mol. The maximum atomic E-state index is 10.1. The highest BCUT2D eigenvalue weighted by Crippen LogP contribution is 2.16. The van der Waals surface area contributed by atoms with Crippen LogP contribution in [0.2, 0.25) is 0 Å². The van der Waals surface area contributed by atoms with Crippen LogP contribution in [0.1, 0.15) is 116 Å². The second-order valence-electron chi connectivity index (χ2n) is 6.92. The maximum Gasteiger partial charge on any atom is 0.303 e. The molecule has 0 aromatic rings. The van der Waals surface area contributed by atoms with Crippen LogP contribution >= 0.6 is 0 Å². The predicted molar refractivity (Wildman–Crippen MR) is 97.1 cm³/mol. The Kier molecular flexibility index (Phi) is 16.0. The number of nitrogens with zero attached hydrogens (tertiary/aromatic N) is 1. The largest absolute Gasteiger partial charge is 0.345 e. The van der Waals surface area contributed by atoms with E-state index in [9.17, 15) is 4.91 Å². The van der Waals surface area contributed by atoms with E-state index in [1.165, 1.54) is 83.5 Å². The van der Waals surface area contributed by atoms with Gasteiger partial charge < -0.3 is 10.2 Å². The molecule has 0 unspecified atom stereocenters. The molecular weight excluding hydrogens is 290 g/mol. The molecule has 0 rings (SSSR count). The van der Waals surface area contributed by atoms with Crippen molar-refractivity contribution in [3.8, 4) is 0 Å². The molecule has 0 saturated carbocycles. The summed E-state index contributed by atoms with van der Waals surface area (Å²) < 4.78 is 0. The van der Waals surface area contributed by atoms with Gasteiger partial charge in [0.1, 0.15) is 0 Å². The highest BCUT2D eigenvalue weighted by molar-refractivity contribution is 4.59. The fraction of sp³-hybridized carbons (Fsp3) is 1.00. The Morgan fingerprint density at radius 1 is 0.609 bits per heavy atom. The van der Waals surface area contributed by atoms with Gasteiger partial charge >= 0.3 is 5.91 Å². The lowest BCUT2D eigenvalue weighted by Gasteiger charge is -2.11. The molecule has 0 aromatic carbocycles. The summed E-state index contributed by atoms with van der Waals surface area (Å²) in [6.07, 6.45) is 20.5. The van der Waals surface area contributed by atoms with Crippen molar-refractivity contribution >= 4 is 0 Å². The Balaban J connectivity index is 3.07. The first-order valence-electron chi connectivity index (χ1n) is 9.91. The van der Waals surface area contributed by atoms with Crippen LogP contribution in [0, 0.1) is 4.91 Å². The second kappa shape index (κ2) is 16.4. The molecule has 0 aliphatic rings. The van der Waals surface area contributed by atoms with Crippen molar-refractivity contribution in [3.05, 3.63) is 4.91 Å². The molecule has 0 aliphatic carbocycles. The van der Waals surface area contributed by atoms with Crippen molar-refractivity contribution in [2.75, 3.05) is 0 Å². The summed E-state index contributed by atoms with van der Waals surface area (Å²) in [5.41, 5.74) is 0. The lowest BCUT2D eigenvalue weighted by molar-refractivity contribution is -0.159. The smallest absolute Gasteiger partial charge is 0.303 e. The molecule has 0 aromatic heterocycles. The van der Waals surface area contributed by atoms with E-state index in [1.807, 2.05) is 0 Å². The fourth-order valence-electron chi connectivity index (χ4n) is 2.96. The average molecular weight is 330 g/mol. The standard InChI is InChI=1S/C19H39NO3/c1-2-3-4-5-6-7-8-9-10-11-12-13-14-15-16-17-18-19(21,22)20-23/h21-22H,2-18H2,1H3. The number of rotatable bonds is 18. The Labute approximate surface area is 143 Å². The molecule has 138 valence electrons. The average Bonchev–Trinajstić information content (AvgIpc) is 2.54. The van der Waals surface area contributed by atoms with Gasteiger partial charge in [0.2, 0.25) is 0 Å². The predicted octanol–water partition coefficient (Wildman–Crippen LogP) is 6.04. The Morgan fingerprint density at radius 2 is 0.913 bits per heavy atom. The summed E-state index contributed by atoms with van der Waals surface area (Å²) in [5, 5.41) is 20.3. The van der Waals surface area contributed by atoms with Gasteiger partial charge in [0, 0.05) is 6.42 Å². The molecule has 2 N–H and O–H groups in total. The summed E-state index contributed by atoms with van der Waals surface area (Å²) in [6, 6.07) is 0. The van der Waals surface area contributed by atoms with Crippen molar-refractivity contribution in [2.45, 2.75) is 122 Å². The second-order valence-corrected chi connectivity index (χ2v) is 6.92. The highest BCUT2D eigenvalue weighted by Gasteiger charge is 2.22. The number of unbranched alkanes of at least 4 members (excludes halogenated alkanes) is 15. The third-order valence-corrected chi connectivity index (χ3v) is 4.51. The third kappa shape index (κ3) is 17.7. The van der Waals surface area contributed by atoms with Crippen LogP contribution in [-0.4, -0.2) is 16.1 Å². The van der Waals surface area contributed by atoms with E-state index in [2.05, 4.69) is 12.1 Å². The van der Waals surface area contributed by atoms with E-state index in [1.54, 1.807) is 0 Å². The summed E-state index contributed by atoms with van der Waals surface area (Å²) in [5.74, 6) is -2.35. The van der Waals surface area contributed by atoms with E-state index in [0.717, 1.165) is 12.8 Å². The number of aliphatic hydroxyl groups is 2. The van der Waals surface area contributed by atoms with Crippen molar-refractivity contribution in [3.63, 3.8) is 0 Å². The molecule has 0 bridgehead atoms. The maximum absolute atomic E-state index is 10.1. The first-order chi connectivity index (χ1) is 11.1. The van der Waals surface area contributed by atoms with Crippen molar-refractivity contribution in [2.24, 2.45) is 5.18 Å². The summed E-state index contributed by atoms with van der Waals surface area (Å²) in [7, 11) is 0. The molecular formula is C19H39NO3. The molecule has 0 saturated heterocycles. The number of nitroso groups, excluding NO2 is 1. The minimum absolute atomic E-state index is 0.0505. The van der Waals surface area contributed by atoms with Gasteiger partial charge in [0.15, 0.2) is 0 Å². The van der Waals surface area contributed by atoms with Gasteiger partial charge in [-0.1, -0.05) is 103 Å². The molecule has 4 heteroatoms. The first-order valence-corrected chi connectivity index (χ1v) is 9.91. The topological polar surface area (TPSA) is 69.9 Å². The normalized spacial score (nSPS) is 11.8. The lowest BCUT2D eigenvalue weighted by Crippen LogP contribution is -2.23. The van der Waals surface area contributed by atoms with Gasteiger partial charge in [-0.3, -0.25) is 0 Å². The fourth-order valence-corrected chi connectivity index (χ4v) is 2.96. The number of hydrogen-bond acceptors (Lipinski definition) is 4. The molecule has 0 amide bonds. The van der Waals surface area contributed by atoms with Crippen LogP contribution in [0.25, 0.3) is 0 Å². The Morgan fingerprint density at radius 3 is 1.22 bits per heavy atom. The molecule has 0 spiro atoms. The van der Waals surface area contributed by atoms with Gasteiger partial charge in [0.25, 0.3) is 0 Å². The van der Waals surface area contributed by atoms with Crippen LogP contribution in [0.5, 0.6) is 0 Å². The van der Waals surface area contributed by atoms with Crippen LogP contribution in [0.3, 0.4) is 0 Å².